The average molecular weight is 286 g/mol. The standard InChI is InChI=1S/C17H22N2O2/c1-2-21-17(20)19-9-7-13(8-10-19)11-14-12-18-16-6-4-3-5-15(14)16/h3-6,12-13,18H,2,7-11H2,1H3. The number of hydrogen-bond donors (Lipinski definition) is 1. The number of likely N-dealkylation sites (tertiary alicyclic amines) is 1. The van der Waals surface area contributed by atoms with Crippen LogP contribution in [0, 0.1) is 5.92 Å². The van der Waals surface area contributed by atoms with Crippen molar-refractivity contribution < 1.29 is 9.53 Å². The Morgan fingerprint density at radius 2 is 2.10 bits per heavy atom. The minimum atomic E-state index is -0.164. The number of nitrogens with one attached hydrogen (secondary N) is 1. The number of amides is 1. The highest BCUT2D eigenvalue weighted by Gasteiger charge is 2.24. The molecule has 0 atom stereocenters. The van der Waals surface area contributed by atoms with Crippen molar-refractivity contribution >= 4 is 17.0 Å². The van der Waals surface area contributed by atoms with E-state index in [4.69, 9.17) is 4.74 Å². The number of para-hydroxylation sites is 1. The van der Waals surface area contributed by atoms with E-state index in [2.05, 4.69) is 35.4 Å². The van der Waals surface area contributed by atoms with Gasteiger partial charge in [0.15, 0.2) is 0 Å². The lowest BCUT2D eigenvalue weighted by atomic mass is 9.90. The maximum absolute atomic E-state index is 11.7. The fourth-order valence-electron chi connectivity index (χ4n) is 3.15. The zero-order chi connectivity index (χ0) is 14.7. The molecule has 1 fully saturated rings. The number of aromatic amines is 1. The summed E-state index contributed by atoms with van der Waals surface area (Å²) in [4.78, 5) is 16.9. The van der Waals surface area contributed by atoms with E-state index < -0.39 is 0 Å². The van der Waals surface area contributed by atoms with Gasteiger partial charge in [-0.2, -0.15) is 0 Å². The van der Waals surface area contributed by atoms with Gasteiger partial charge < -0.3 is 14.6 Å². The van der Waals surface area contributed by atoms with Gasteiger partial charge in [0.1, 0.15) is 0 Å². The molecule has 1 saturated heterocycles. The molecule has 0 aliphatic carbocycles. The SMILES string of the molecule is CCOC(=O)N1CCC(Cc2c[nH]c3ccccc23)CC1. The number of aromatic nitrogens is 1. The van der Waals surface area contributed by atoms with E-state index in [9.17, 15) is 4.79 Å². The van der Waals surface area contributed by atoms with Gasteiger partial charge in [0.05, 0.1) is 6.61 Å². The van der Waals surface area contributed by atoms with Crippen LogP contribution in [0.2, 0.25) is 0 Å². The molecule has 0 bridgehead atoms. The first-order valence-corrected chi connectivity index (χ1v) is 7.74. The molecule has 3 rings (SSSR count). The zero-order valence-electron chi connectivity index (χ0n) is 12.5. The van der Waals surface area contributed by atoms with Crippen LogP contribution in [0.1, 0.15) is 25.3 Å². The molecule has 0 unspecified atom stereocenters. The number of hydrogen-bond acceptors (Lipinski definition) is 2. The summed E-state index contributed by atoms with van der Waals surface area (Å²) in [5.74, 6) is 0.648. The molecule has 1 aliphatic heterocycles. The molecule has 0 saturated carbocycles. The van der Waals surface area contributed by atoms with Crippen LogP contribution in [0.3, 0.4) is 0 Å². The summed E-state index contributed by atoms with van der Waals surface area (Å²) in [5, 5.41) is 1.32. The molecule has 1 aromatic heterocycles. The van der Waals surface area contributed by atoms with Crippen molar-refractivity contribution in [2.24, 2.45) is 5.92 Å². The van der Waals surface area contributed by atoms with Crippen molar-refractivity contribution in [3.05, 3.63) is 36.0 Å². The van der Waals surface area contributed by atoms with Crippen LogP contribution in [-0.2, 0) is 11.2 Å². The van der Waals surface area contributed by atoms with Crippen molar-refractivity contribution in [3.8, 4) is 0 Å². The van der Waals surface area contributed by atoms with Crippen LogP contribution >= 0.6 is 0 Å². The average Bonchev–Trinajstić information content (AvgIpc) is 2.92. The van der Waals surface area contributed by atoms with E-state index in [-0.39, 0.29) is 6.09 Å². The largest absolute Gasteiger partial charge is 0.450 e. The number of benzene rings is 1. The smallest absolute Gasteiger partial charge is 0.409 e. The van der Waals surface area contributed by atoms with Gasteiger partial charge in [-0.25, -0.2) is 4.79 Å². The number of nitrogens with zero attached hydrogens (tertiary/aromatic N) is 1. The number of H-pyrrole nitrogens is 1. The van der Waals surface area contributed by atoms with E-state index >= 15 is 0 Å². The first-order valence-electron chi connectivity index (χ1n) is 7.74. The molecule has 112 valence electrons. The lowest BCUT2D eigenvalue weighted by Gasteiger charge is -2.31. The molecule has 4 nitrogen and oxygen atoms in total. The third-order valence-corrected chi connectivity index (χ3v) is 4.32. The van der Waals surface area contributed by atoms with Gasteiger partial charge >= 0.3 is 6.09 Å². The molecule has 2 aromatic rings. The maximum atomic E-state index is 11.7. The van der Waals surface area contributed by atoms with Gasteiger partial charge in [0, 0.05) is 30.2 Å². The monoisotopic (exact) mass is 286 g/mol. The number of carbonyl (C=O) groups excluding carboxylic acids is 1. The van der Waals surface area contributed by atoms with Crippen molar-refractivity contribution in [2.45, 2.75) is 26.2 Å². The van der Waals surface area contributed by atoms with E-state index in [0.29, 0.717) is 12.5 Å². The third-order valence-electron chi connectivity index (χ3n) is 4.32. The zero-order valence-corrected chi connectivity index (χ0v) is 12.5. The third kappa shape index (κ3) is 3.04. The van der Waals surface area contributed by atoms with Gasteiger partial charge in [-0.3, -0.25) is 0 Å². The molecular weight excluding hydrogens is 264 g/mol. The Balaban J connectivity index is 1.59. The lowest BCUT2D eigenvalue weighted by Crippen LogP contribution is -2.39. The number of rotatable bonds is 3. The molecule has 1 aromatic carbocycles. The Morgan fingerprint density at radius 3 is 2.86 bits per heavy atom. The van der Waals surface area contributed by atoms with Crippen LogP contribution in [0.5, 0.6) is 0 Å². The van der Waals surface area contributed by atoms with Gasteiger partial charge in [0.2, 0.25) is 0 Å². The highest BCUT2D eigenvalue weighted by molar-refractivity contribution is 5.83. The predicted molar refractivity (Wildman–Crippen MR) is 83.3 cm³/mol. The van der Waals surface area contributed by atoms with Gasteiger partial charge in [-0.1, -0.05) is 18.2 Å². The number of piperidine rings is 1. The second-order valence-corrected chi connectivity index (χ2v) is 5.69. The molecule has 1 amide bonds. The number of fused-ring (bicyclic) bond motifs is 1. The Kier molecular flexibility index (Phi) is 4.13. The van der Waals surface area contributed by atoms with Gasteiger partial charge in [0.25, 0.3) is 0 Å². The summed E-state index contributed by atoms with van der Waals surface area (Å²) in [6.45, 7) is 3.92. The van der Waals surface area contributed by atoms with Crippen LogP contribution in [-0.4, -0.2) is 35.7 Å². The van der Waals surface area contributed by atoms with E-state index in [1.54, 1.807) is 0 Å². The molecule has 1 aliphatic rings. The second-order valence-electron chi connectivity index (χ2n) is 5.69. The topological polar surface area (TPSA) is 45.3 Å². The number of ether oxygens (including phenoxy) is 1. The minimum absolute atomic E-state index is 0.164. The summed E-state index contributed by atoms with van der Waals surface area (Å²) in [6.07, 6.45) is 5.16. The summed E-state index contributed by atoms with van der Waals surface area (Å²) >= 11 is 0. The van der Waals surface area contributed by atoms with Crippen molar-refractivity contribution in [3.63, 3.8) is 0 Å². The lowest BCUT2D eigenvalue weighted by molar-refractivity contribution is 0.0918. The fourth-order valence-corrected chi connectivity index (χ4v) is 3.15. The quantitative estimate of drug-likeness (QED) is 0.937. The number of carbonyl (C=O) groups is 1. The molecule has 21 heavy (non-hydrogen) atoms. The van der Waals surface area contributed by atoms with E-state index in [1.807, 2.05) is 11.8 Å². The Labute approximate surface area is 125 Å². The molecular formula is C17H22N2O2. The second kappa shape index (κ2) is 6.20. The highest BCUT2D eigenvalue weighted by atomic mass is 16.6. The predicted octanol–water partition coefficient (Wildman–Crippen LogP) is 3.58. The first kappa shape index (κ1) is 14.0. The molecule has 1 N–H and O–H groups in total. The van der Waals surface area contributed by atoms with Crippen molar-refractivity contribution in [2.75, 3.05) is 19.7 Å². The van der Waals surface area contributed by atoms with Gasteiger partial charge in [-0.05, 0) is 43.7 Å². The first-order chi connectivity index (χ1) is 10.3. The summed E-state index contributed by atoms with van der Waals surface area (Å²) < 4.78 is 5.06. The molecule has 4 heteroatoms. The van der Waals surface area contributed by atoms with Crippen molar-refractivity contribution in [1.82, 2.24) is 9.88 Å². The van der Waals surface area contributed by atoms with Crippen LogP contribution in [0.15, 0.2) is 30.5 Å². The normalized spacial score (nSPS) is 16.3. The Morgan fingerprint density at radius 1 is 1.33 bits per heavy atom. The summed E-state index contributed by atoms with van der Waals surface area (Å²) in [7, 11) is 0. The van der Waals surface area contributed by atoms with E-state index in [0.717, 1.165) is 32.4 Å². The Hall–Kier alpha value is -1.97. The van der Waals surface area contributed by atoms with E-state index in [1.165, 1.54) is 16.5 Å². The van der Waals surface area contributed by atoms with Crippen LogP contribution in [0.4, 0.5) is 4.79 Å². The fraction of sp³-hybridized carbons (Fsp3) is 0.471. The molecule has 0 spiro atoms. The summed E-state index contributed by atoms with van der Waals surface area (Å²) in [5.41, 5.74) is 2.59. The van der Waals surface area contributed by atoms with Crippen LogP contribution < -0.4 is 0 Å². The minimum Gasteiger partial charge on any atom is -0.450 e. The van der Waals surface area contributed by atoms with Crippen LogP contribution in [0.25, 0.3) is 10.9 Å². The highest BCUT2D eigenvalue weighted by Crippen LogP contribution is 2.26. The maximum Gasteiger partial charge on any atom is 0.409 e. The summed E-state index contributed by atoms with van der Waals surface area (Å²) in [6, 6.07) is 8.43. The molecule has 0 radical (unpaired) electrons. The van der Waals surface area contributed by atoms with Crippen molar-refractivity contribution in [1.29, 1.82) is 0 Å². The molecule has 2 heterocycles. The Bertz CT molecular complexity index is 612. The van der Waals surface area contributed by atoms with Gasteiger partial charge in [-0.15, -0.1) is 0 Å².